The van der Waals surface area contributed by atoms with E-state index < -0.39 is 22.4 Å². The van der Waals surface area contributed by atoms with Gasteiger partial charge in [0.25, 0.3) is 0 Å². The number of thiophene rings is 1. The van der Waals surface area contributed by atoms with Crippen LogP contribution < -0.4 is 0 Å². The number of hydrogen-bond donors (Lipinski definition) is 0. The van der Waals surface area contributed by atoms with Crippen LogP contribution in [0.2, 0.25) is 0 Å². The second kappa shape index (κ2) is 6.02. The Morgan fingerprint density at radius 3 is 2.58 bits per heavy atom. The molecular weight excluding hydrogens is 358 g/mol. The van der Waals surface area contributed by atoms with Gasteiger partial charge in [-0.15, -0.1) is 11.3 Å². The number of rotatable bonds is 4. The summed E-state index contributed by atoms with van der Waals surface area (Å²) < 4.78 is 38.8. The maximum absolute atomic E-state index is 13.4. The molecule has 7 heteroatoms. The zero-order valence-corrected chi connectivity index (χ0v) is 12.6. The molecule has 2 aromatic rings. The largest absolute Gasteiger partial charge is 0.292 e. The van der Waals surface area contributed by atoms with Crippen LogP contribution in [0.1, 0.15) is 9.67 Å². The van der Waals surface area contributed by atoms with E-state index in [4.69, 9.17) is 0 Å². The van der Waals surface area contributed by atoms with E-state index in [0.29, 0.717) is 10.9 Å². The van der Waals surface area contributed by atoms with Gasteiger partial charge >= 0.3 is 0 Å². The SMILES string of the molecule is O=C(CS(=O)c1ccc(F)cc1F)c1ccc(Br)s1. The normalized spacial score (nSPS) is 12.4. The van der Waals surface area contributed by atoms with Crippen LogP contribution in [0.4, 0.5) is 8.78 Å². The molecule has 1 heterocycles. The van der Waals surface area contributed by atoms with Crippen molar-refractivity contribution in [3.05, 3.63) is 50.6 Å². The maximum Gasteiger partial charge on any atom is 0.185 e. The second-order valence-corrected chi connectivity index (χ2v) is 7.47. The molecular formula is C12H7BrF2O2S2. The van der Waals surface area contributed by atoms with Gasteiger partial charge in [-0.25, -0.2) is 8.78 Å². The molecule has 0 aliphatic rings. The van der Waals surface area contributed by atoms with Gasteiger partial charge in [0.2, 0.25) is 0 Å². The highest BCUT2D eigenvalue weighted by atomic mass is 79.9. The molecule has 0 bridgehead atoms. The van der Waals surface area contributed by atoms with Crippen LogP contribution in [0.15, 0.2) is 39.0 Å². The van der Waals surface area contributed by atoms with Crippen molar-refractivity contribution >= 4 is 43.8 Å². The van der Waals surface area contributed by atoms with E-state index >= 15 is 0 Å². The highest BCUT2D eigenvalue weighted by Gasteiger charge is 2.17. The molecule has 0 aliphatic carbocycles. The fourth-order valence-corrected chi connectivity index (χ4v) is 3.85. The molecule has 0 amide bonds. The molecule has 2 nitrogen and oxygen atoms in total. The first-order chi connectivity index (χ1) is 8.97. The lowest BCUT2D eigenvalue weighted by molar-refractivity contribution is 0.102. The third kappa shape index (κ3) is 3.55. The van der Waals surface area contributed by atoms with Crippen molar-refractivity contribution < 1.29 is 17.8 Å². The fourth-order valence-electron chi connectivity index (χ4n) is 1.39. The van der Waals surface area contributed by atoms with Crippen LogP contribution in [0.3, 0.4) is 0 Å². The predicted octanol–water partition coefficient (Wildman–Crippen LogP) is 3.78. The average Bonchev–Trinajstić information content (AvgIpc) is 2.75. The van der Waals surface area contributed by atoms with Gasteiger partial charge in [-0.1, -0.05) is 0 Å². The molecule has 0 N–H and O–H groups in total. The Morgan fingerprint density at radius 1 is 1.26 bits per heavy atom. The highest BCUT2D eigenvalue weighted by molar-refractivity contribution is 9.11. The Kier molecular flexibility index (Phi) is 4.59. The van der Waals surface area contributed by atoms with Crippen molar-refractivity contribution in [3.8, 4) is 0 Å². The first kappa shape index (κ1) is 14.5. The van der Waals surface area contributed by atoms with Crippen molar-refractivity contribution in [2.24, 2.45) is 0 Å². The molecule has 0 radical (unpaired) electrons. The first-order valence-electron chi connectivity index (χ1n) is 5.09. The van der Waals surface area contributed by atoms with Crippen LogP contribution in [0.5, 0.6) is 0 Å². The van der Waals surface area contributed by atoms with E-state index in [1.54, 1.807) is 12.1 Å². The van der Waals surface area contributed by atoms with Gasteiger partial charge < -0.3 is 0 Å². The lowest BCUT2D eigenvalue weighted by Crippen LogP contribution is -2.11. The summed E-state index contributed by atoms with van der Waals surface area (Å²) in [4.78, 5) is 12.1. The van der Waals surface area contributed by atoms with Gasteiger partial charge in [-0.2, -0.15) is 0 Å². The fraction of sp³-hybridized carbons (Fsp3) is 0.0833. The number of benzene rings is 1. The second-order valence-electron chi connectivity index (χ2n) is 3.59. The minimum atomic E-state index is -1.82. The van der Waals surface area contributed by atoms with Gasteiger partial charge in [0.05, 0.1) is 30.1 Å². The topological polar surface area (TPSA) is 34.1 Å². The van der Waals surface area contributed by atoms with Crippen LogP contribution in [-0.4, -0.2) is 15.7 Å². The summed E-state index contributed by atoms with van der Waals surface area (Å²) in [5.74, 6) is -2.31. The molecule has 0 spiro atoms. The minimum absolute atomic E-state index is 0.162. The summed E-state index contributed by atoms with van der Waals surface area (Å²) in [6, 6.07) is 6.08. The Labute approximate surface area is 123 Å². The zero-order chi connectivity index (χ0) is 14.0. The van der Waals surface area contributed by atoms with Crippen LogP contribution in [0.25, 0.3) is 0 Å². The van der Waals surface area contributed by atoms with Crippen molar-refractivity contribution in [3.63, 3.8) is 0 Å². The van der Waals surface area contributed by atoms with Crippen molar-refractivity contribution in [1.82, 2.24) is 0 Å². The third-order valence-corrected chi connectivity index (χ3v) is 5.26. The van der Waals surface area contributed by atoms with Crippen molar-refractivity contribution in [2.75, 3.05) is 5.75 Å². The Hall–Kier alpha value is -0.920. The van der Waals surface area contributed by atoms with E-state index in [1.807, 2.05) is 0 Å². The molecule has 1 unspecified atom stereocenters. The highest BCUT2D eigenvalue weighted by Crippen LogP contribution is 2.23. The van der Waals surface area contributed by atoms with E-state index in [0.717, 1.165) is 15.9 Å². The quantitative estimate of drug-likeness (QED) is 0.773. The standard InChI is InChI=1S/C12H7BrF2O2S2/c13-12-4-2-10(18-12)9(16)6-19(17)11-3-1-7(14)5-8(11)15/h1-5H,6H2. The van der Waals surface area contributed by atoms with E-state index in [1.165, 1.54) is 11.3 Å². The molecule has 0 saturated carbocycles. The van der Waals surface area contributed by atoms with Gasteiger partial charge in [-0.05, 0) is 40.2 Å². The van der Waals surface area contributed by atoms with Gasteiger partial charge in [0, 0.05) is 6.07 Å². The van der Waals surface area contributed by atoms with Gasteiger partial charge in [-0.3, -0.25) is 9.00 Å². The van der Waals surface area contributed by atoms with Crippen molar-refractivity contribution in [1.29, 1.82) is 0 Å². The Morgan fingerprint density at radius 2 is 2.00 bits per heavy atom. The lowest BCUT2D eigenvalue weighted by Gasteiger charge is -2.02. The first-order valence-corrected chi connectivity index (χ1v) is 8.02. The average molecular weight is 365 g/mol. The van der Waals surface area contributed by atoms with Crippen LogP contribution in [-0.2, 0) is 10.8 Å². The smallest absolute Gasteiger partial charge is 0.185 e. The molecule has 19 heavy (non-hydrogen) atoms. The lowest BCUT2D eigenvalue weighted by atomic mass is 10.3. The number of ketones is 1. The summed E-state index contributed by atoms with van der Waals surface area (Å²) in [6.07, 6.45) is 0. The maximum atomic E-state index is 13.4. The summed E-state index contributed by atoms with van der Waals surface area (Å²) in [6.45, 7) is 0. The van der Waals surface area contributed by atoms with Crippen LogP contribution in [0, 0.1) is 11.6 Å². The van der Waals surface area contributed by atoms with E-state index in [-0.39, 0.29) is 16.4 Å². The number of hydrogen-bond acceptors (Lipinski definition) is 3. The zero-order valence-electron chi connectivity index (χ0n) is 9.36. The Balaban J connectivity index is 2.15. The molecule has 1 aromatic heterocycles. The number of Topliss-reactive ketones (excluding diaryl/α,β-unsaturated/α-hetero) is 1. The molecule has 0 fully saturated rings. The third-order valence-electron chi connectivity index (χ3n) is 2.25. The summed E-state index contributed by atoms with van der Waals surface area (Å²) >= 11 is 4.44. The van der Waals surface area contributed by atoms with E-state index in [2.05, 4.69) is 15.9 Å². The van der Waals surface area contributed by atoms with Gasteiger partial charge in [0.1, 0.15) is 11.6 Å². The number of carbonyl (C=O) groups excluding carboxylic acids is 1. The molecule has 100 valence electrons. The summed E-state index contributed by atoms with van der Waals surface area (Å²) in [7, 11) is -1.82. The number of halogens is 3. The Bertz CT molecular complexity index is 655. The number of carbonyl (C=O) groups is 1. The monoisotopic (exact) mass is 364 g/mol. The molecule has 0 saturated heterocycles. The van der Waals surface area contributed by atoms with E-state index in [9.17, 15) is 17.8 Å². The van der Waals surface area contributed by atoms with Gasteiger partial charge in [0.15, 0.2) is 5.78 Å². The molecule has 1 aromatic carbocycles. The molecule has 1 atom stereocenters. The molecule has 0 aliphatic heterocycles. The molecule has 2 rings (SSSR count). The van der Waals surface area contributed by atoms with Crippen molar-refractivity contribution in [2.45, 2.75) is 4.90 Å². The summed E-state index contributed by atoms with van der Waals surface area (Å²) in [5, 5.41) is 0. The predicted molar refractivity (Wildman–Crippen MR) is 74.0 cm³/mol. The minimum Gasteiger partial charge on any atom is -0.292 e. The van der Waals surface area contributed by atoms with Crippen LogP contribution >= 0.6 is 27.3 Å². The summed E-state index contributed by atoms with van der Waals surface area (Å²) in [5.41, 5.74) is 0.